The molecule has 6 heteroatoms. The number of carbonyl (C=O) groups excluding carboxylic acids is 1. The van der Waals surface area contributed by atoms with Crippen molar-refractivity contribution in [3.8, 4) is 5.75 Å². The van der Waals surface area contributed by atoms with Gasteiger partial charge in [0.25, 0.3) is 0 Å². The first kappa shape index (κ1) is 19.4. The summed E-state index contributed by atoms with van der Waals surface area (Å²) >= 11 is 1.63. The summed E-state index contributed by atoms with van der Waals surface area (Å²) in [6.45, 7) is 6.10. The molecule has 0 aliphatic carbocycles. The van der Waals surface area contributed by atoms with Crippen molar-refractivity contribution in [1.29, 1.82) is 0 Å². The SMILES string of the molecule is COc1ccc(SC(C)C(=O)N2CCC3(CCNC3)CC2)cc1.Cl. The number of thioether (sulfide) groups is 1. The lowest BCUT2D eigenvalue weighted by Gasteiger charge is -2.39. The van der Waals surface area contributed by atoms with Crippen molar-refractivity contribution in [3.63, 3.8) is 0 Å². The molecular weight excluding hydrogens is 344 g/mol. The van der Waals surface area contributed by atoms with Gasteiger partial charge in [0.2, 0.25) is 5.91 Å². The number of rotatable bonds is 4. The van der Waals surface area contributed by atoms with Gasteiger partial charge in [0.1, 0.15) is 5.75 Å². The molecular formula is C18H27ClN2O2S. The average molecular weight is 371 g/mol. The van der Waals surface area contributed by atoms with Gasteiger partial charge in [-0.3, -0.25) is 4.79 Å². The fraction of sp³-hybridized carbons (Fsp3) is 0.611. The van der Waals surface area contributed by atoms with Crippen LogP contribution in [0.15, 0.2) is 29.2 Å². The largest absolute Gasteiger partial charge is 0.497 e. The average Bonchev–Trinajstić information content (AvgIpc) is 3.03. The Bertz CT molecular complexity index is 536. The molecule has 1 aromatic rings. The second-order valence-electron chi connectivity index (χ2n) is 6.69. The number of nitrogens with zero attached hydrogens (tertiary/aromatic N) is 1. The molecule has 1 unspecified atom stereocenters. The van der Waals surface area contributed by atoms with Gasteiger partial charge in [-0.2, -0.15) is 0 Å². The van der Waals surface area contributed by atoms with Crippen molar-refractivity contribution in [2.24, 2.45) is 5.41 Å². The van der Waals surface area contributed by atoms with E-state index in [2.05, 4.69) is 10.2 Å². The molecule has 1 spiro atoms. The molecule has 2 heterocycles. The first-order valence-electron chi connectivity index (χ1n) is 8.42. The van der Waals surface area contributed by atoms with E-state index in [1.165, 1.54) is 6.42 Å². The Labute approximate surface area is 155 Å². The van der Waals surface area contributed by atoms with E-state index in [0.717, 1.165) is 49.7 Å². The normalized spacial score (nSPS) is 20.5. The van der Waals surface area contributed by atoms with Gasteiger partial charge in [0, 0.05) is 24.5 Å². The van der Waals surface area contributed by atoms with Crippen molar-refractivity contribution in [3.05, 3.63) is 24.3 Å². The number of nitrogens with one attached hydrogen (secondary N) is 1. The Morgan fingerprint density at radius 3 is 2.46 bits per heavy atom. The van der Waals surface area contributed by atoms with Crippen LogP contribution >= 0.6 is 24.2 Å². The third kappa shape index (κ3) is 4.38. The fourth-order valence-corrected chi connectivity index (χ4v) is 4.54. The molecule has 1 amide bonds. The van der Waals surface area contributed by atoms with Gasteiger partial charge < -0.3 is 15.0 Å². The van der Waals surface area contributed by atoms with Gasteiger partial charge in [-0.05, 0) is 62.4 Å². The summed E-state index contributed by atoms with van der Waals surface area (Å²) in [7, 11) is 1.66. The second kappa shape index (κ2) is 8.45. The highest BCUT2D eigenvalue weighted by Gasteiger charge is 2.38. The molecule has 24 heavy (non-hydrogen) atoms. The van der Waals surface area contributed by atoms with E-state index < -0.39 is 0 Å². The van der Waals surface area contributed by atoms with Crippen LogP contribution in [0.5, 0.6) is 5.75 Å². The van der Waals surface area contributed by atoms with Gasteiger partial charge in [0.05, 0.1) is 12.4 Å². The molecule has 3 rings (SSSR count). The highest BCUT2D eigenvalue weighted by molar-refractivity contribution is 8.00. The number of ether oxygens (including phenoxy) is 1. The minimum Gasteiger partial charge on any atom is -0.497 e. The summed E-state index contributed by atoms with van der Waals surface area (Å²) in [4.78, 5) is 15.9. The van der Waals surface area contributed by atoms with E-state index in [1.54, 1.807) is 18.9 Å². The molecule has 134 valence electrons. The van der Waals surface area contributed by atoms with E-state index in [0.29, 0.717) is 5.41 Å². The number of methoxy groups -OCH3 is 1. The van der Waals surface area contributed by atoms with Crippen molar-refractivity contribution in [1.82, 2.24) is 10.2 Å². The van der Waals surface area contributed by atoms with Crippen molar-refractivity contribution >= 4 is 30.1 Å². The summed E-state index contributed by atoms with van der Waals surface area (Å²) in [5.74, 6) is 1.12. The Balaban J connectivity index is 0.00000208. The van der Waals surface area contributed by atoms with Crippen LogP contribution in [-0.2, 0) is 4.79 Å². The predicted octanol–water partition coefficient (Wildman–Crippen LogP) is 3.20. The van der Waals surface area contributed by atoms with Crippen molar-refractivity contribution < 1.29 is 9.53 Å². The zero-order chi connectivity index (χ0) is 16.3. The Hall–Kier alpha value is -0.910. The zero-order valence-corrected chi connectivity index (χ0v) is 16.0. The van der Waals surface area contributed by atoms with E-state index in [1.807, 2.05) is 31.2 Å². The molecule has 2 aliphatic heterocycles. The van der Waals surface area contributed by atoms with Gasteiger partial charge in [-0.15, -0.1) is 24.2 Å². The lowest BCUT2D eigenvalue weighted by Crippen LogP contribution is -2.46. The maximum atomic E-state index is 12.7. The highest BCUT2D eigenvalue weighted by atomic mass is 35.5. The minimum atomic E-state index is -0.0425. The van der Waals surface area contributed by atoms with E-state index in [4.69, 9.17) is 4.74 Å². The van der Waals surface area contributed by atoms with Gasteiger partial charge in [-0.1, -0.05) is 0 Å². The Kier molecular flexibility index (Phi) is 6.84. The monoisotopic (exact) mass is 370 g/mol. The first-order valence-corrected chi connectivity index (χ1v) is 9.30. The smallest absolute Gasteiger partial charge is 0.235 e. The van der Waals surface area contributed by atoms with E-state index in [-0.39, 0.29) is 23.6 Å². The van der Waals surface area contributed by atoms with Gasteiger partial charge in [0.15, 0.2) is 0 Å². The van der Waals surface area contributed by atoms with Crippen LogP contribution in [0, 0.1) is 5.41 Å². The molecule has 0 bridgehead atoms. The summed E-state index contributed by atoms with van der Waals surface area (Å²) in [5.41, 5.74) is 0.461. The topological polar surface area (TPSA) is 41.6 Å². The highest BCUT2D eigenvalue weighted by Crippen LogP contribution is 2.37. The molecule has 0 aromatic heterocycles. The molecule has 0 radical (unpaired) electrons. The zero-order valence-electron chi connectivity index (χ0n) is 14.4. The number of hydrogen-bond donors (Lipinski definition) is 1. The number of hydrogen-bond acceptors (Lipinski definition) is 4. The van der Waals surface area contributed by atoms with Crippen molar-refractivity contribution in [2.45, 2.75) is 36.3 Å². The van der Waals surface area contributed by atoms with Crippen LogP contribution in [0.2, 0.25) is 0 Å². The Morgan fingerprint density at radius 2 is 1.92 bits per heavy atom. The van der Waals surface area contributed by atoms with Crippen LogP contribution in [0.25, 0.3) is 0 Å². The number of carbonyl (C=O) groups is 1. The summed E-state index contributed by atoms with van der Waals surface area (Å²) in [5, 5.41) is 3.43. The molecule has 2 fully saturated rings. The molecule has 0 saturated carbocycles. The second-order valence-corrected chi connectivity index (χ2v) is 8.10. The van der Waals surface area contributed by atoms with Crippen LogP contribution in [0.3, 0.4) is 0 Å². The minimum absolute atomic E-state index is 0. The third-order valence-electron chi connectivity index (χ3n) is 5.19. The van der Waals surface area contributed by atoms with Crippen LogP contribution < -0.4 is 10.1 Å². The van der Waals surface area contributed by atoms with Crippen LogP contribution in [-0.4, -0.2) is 49.3 Å². The fourth-order valence-electron chi connectivity index (χ4n) is 3.59. The van der Waals surface area contributed by atoms with Gasteiger partial charge >= 0.3 is 0 Å². The standard InChI is InChI=1S/C18H26N2O2S.ClH/c1-14(23-16-5-3-15(22-2)4-6-16)17(21)20-11-8-18(9-12-20)7-10-19-13-18;/h3-6,14,19H,7-13H2,1-2H3;1H. The number of piperidine rings is 1. The maximum Gasteiger partial charge on any atom is 0.235 e. The van der Waals surface area contributed by atoms with Crippen LogP contribution in [0.4, 0.5) is 0 Å². The number of halogens is 1. The van der Waals surface area contributed by atoms with Crippen LogP contribution in [0.1, 0.15) is 26.2 Å². The lowest BCUT2D eigenvalue weighted by molar-refractivity contribution is -0.132. The predicted molar refractivity (Wildman–Crippen MR) is 101 cm³/mol. The first-order chi connectivity index (χ1) is 11.1. The summed E-state index contributed by atoms with van der Waals surface area (Å²) < 4.78 is 5.17. The van der Waals surface area contributed by atoms with E-state index in [9.17, 15) is 4.79 Å². The summed E-state index contributed by atoms with van der Waals surface area (Å²) in [6, 6.07) is 7.92. The quantitative estimate of drug-likeness (QED) is 0.826. The summed E-state index contributed by atoms with van der Waals surface area (Å²) in [6.07, 6.45) is 3.56. The maximum absolute atomic E-state index is 12.7. The number of likely N-dealkylation sites (tertiary alicyclic amines) is 1. The Morgan fingerprint density at radius 1 is 1.25 bits per heavy atom. The molecule has 1 aromatic carbocycles. The van der Waals surface area contributed by atoms with Gasteiger partial charge in [-0.25, -0.2) is 0 Å². The number of benzene rings is 1. The van der Waals surface area contributed by atoms with Crippen molar-refractivity contribution in [2.75, 3.05) is 33.3 Å². The molecule has 4 nitrogen and oxygen atoms in total. The molecule has 1 N–H and O–H groups in total. The molecule has 1 atom stereocenters. The molecule has 2 aliphatic rings. The number of amides is 1. The third-order valence-corrected chi connectivity index (χ3v) is 6.29. The lowest BCUT2D eigenvalue weighted by atomic mass is 9.78. The van der Waals surface area contributed by atoms with E-state index >= 15 is 0 Å². The molecule has 2 saturated heterocycles.